The summed E-state index contributed by atoms with van der Waals surface area (Å²) in [5.41, 5.74) is 1.69. The monoisotopic (exact) mass is 419 g/mol. The molecule has 0 unspecified atom stereocenters. The van der Waals surface area contributed by atoms with Crippen molar-refractivity contribution < 1.29 is 19.1 Å². The molecule has 7 nitrogen and oxygen atoms in total. The molecule has 8 heteroatoms. The average Bonchev–Trinajstić information content (AvgIpc) is 3.23. The van der Waals surface area contributed by atoms with Gasteiger partial charge in [-0.15, -0.1) is 11.3 Å². The maximum Gasteiger partial charge on any atom is 0.339 e. The second kappa shape index (κ2) is 8.71. The molecule has 0 aliphatic heterocycles. The first kappa shape index (κ1) is 19.5. The summed E-state index contributed by atoms with van der Waals surface area (Å²) in [5.74, 6) is -0.623. The summed E-state index contributed by atoms with van der Waals surface area (Å²) in [7, 11) is 1.29. The standard InChI is InChI=1S/C22H17N3O4S/c1-28-22(27)15-9-5-6-10-17(15)25-19(26)12-29-20-16-11-18(14-7-3-2-4-8-14)30-21(16)24-13-23-20/h2-11,13H,12H2,1H3,(H,25,26). The maximum atomic E-state index is 12.4. The van der Waals surface area contributed by atoms with Crippen LogP contribution >= 0.6 is 11.3 Å². The second-order valence-electron chi connectivity index (χ2n) is 6.25. The normalized spacial score (nSPS) is 10.6. The number of hydrogen-bond acceptors (Lipinski definition) is 7. The van der Waals surface area contributed by atoms with Gasteiger partial charge >= 0.3 is 5.97 Å². The van der Waals surface area contributed by atoms with Crippen LogP contribution in [0.15, 0.2) is 67.0 Å². The summed E-state index contributed by atoms with van der Waals surface area (Å²) >= 11 is 1.53. The van der Waals surface area contributed by atoms with Crippen LogP contribution < -0.4 is 10.1 Å². The molecule has 0 aliphatic carbocycles. The Bertz CT molecular complexity index is 1210. The Hall–Kier alpha value is -3.78. The molecular weight excluding hydrogens is 402 g/mol. The molecule has 2 aromatic carbocycles. The number of nitrogens with zero attached hydrogens (tertiary/aromatic N) is 2. The van der Waals surface area contributed by atoms with Crippen LogP contribution in [-0.2, 0) is 9.53 Å². The number of benzene rings is 2. The number of amides is 1. The Morgan fingerprint density at radius 2 is 1.80 bits per heavy atom. The number of para-hydroxylation sites is 1. The fourth-order valence-corrected chi connectivity index (χ4v) is 3.89. The van der Waals surface area contributed by atoms with Gasteiger partial charge in [-0.1, -0.05) is 42.5 Å². The van der Waals surface area contributed by atoms with Gasteiger partial charge < -0.3 is 14.8 Å². The molecule has 0 fully saturated rings. The Labute approximate surface area is 176 Å². The fraction of sp³-hybridized carbons (Fsp3) is 0.0909. The summed E-state index contributed by atoms with van der Waals surface area (Å²) in [5, 5.41) is 3.41. The summed E-state index contributed by atoms with van der Waals surface area (Å²) in [6.45, 7) is -0.266. The topological polar surface area (TPSA) is 90.4 Å². The molecule has 0 spiro atoms. The van der Waals surface area contributed by atoms with Crippen LogP contribution in [0.3, 0.4) is 0 Å². The fourth-order valence-electron chi connectivity index (χ4n) is 2.89. The van der Waals surface area contributed by atoms with Gasteiger partial charge in [-0.2, -0.15) is 0 Å². The van der Waals surface area contributed by atoms with Crippen molar-refractivity contribution in [1.29, 1.82) is 0 Å². The van der Waals surface area contributed by atoms with Gasteiger partial charge in [0.1, 0.15) is 11.2 Å². The van der Waals surface area contributed by atoms with Crippen LogP contribution in [-0.4, -0.2) is 35.6 Å². The lowest BCUT2D eigenvalue weighted by Gasteiger charge is -2.10. The van der Waals surface area contributed by atoms with Gasteiger partial charge in [-0.3, -0.25) is 4.79 Å². The molecule has 0 saturated heterocycles. The highest BCUT2D eigenvalue weighted by atomic mass is 32.1. The third kappa shape index (κ3) is 4.13. The zero-order valence-corrected chi connectivity index (χ0v) is 16.8. The van der Waals surface area contributed by atoms with E-state index in [4.69, 9.17) is 9.47 Å². The number of nitrogens with one attached hydrogen (secondary N) is 1. The number of aromatic nitrogens is 2. The Balaban J connectivity index is 1.50. The number of rotatable bonds is 6. The number of esters is 1. The highest BCUT2D eigenvalue weighted by Crippen LogP contribution is 2.35. The lowest BCUT2D eigenvalue weighted by atomic mass is 10.2. The van der Waals surface area contributed by atoms with E-state index < -0.39 is 11.9 Å². The van der Waals surface area contributed by atoms with Gasteiger partial charge in [-0.05, 0) is 23.8 Å². The van der Waals surface area contributed by atoms with Crippen molar-refractivity contribution in [2.75, 3.05) is 19.0 Å². The molecule has 4 aromatic rings. The molecule has 1 N–H and O–H groups in total. The van der Waals surface area contributed by atoms with Crippen molar-refractivity contribution in [3.8, 4) is 16.3 Å². The van der Waals surface area contributed by atoms with E-state index in [9.17, 15) is 9.59 Å². The van der Waals surface area contributed by atoms with E-state index in [2.05, 4.69) is 15.3 Å². The van der Waals surface area contributed by atoms with Crippen molar-refractivity contribution in [3.05, 3.63) is 72.6 Å². The second-order valence-corrected chi connectivity index (χ2v) is 7.28. The van der Waals surface area contributed by atoms with Gasteiger partial charge in [-0.25, -0.2) is 14.8 Å². The summed E-state index contributed by atoms with van der Waals surface area (Å²) in [4.78, 5) is 34.5. The van der Waals surface area contributed by atoms with Gasteiger partial charge in [0.2, 0.25) is 5.88 Å². The SMILES string of the molecule is COC(=O)c1ccccc1NC(=O)COc1ncnc2sc(-c3ccccc3)cc12. The lowest BCUT2D eigenvalue weighted by Crippen LogP contribution is -2.22. The maximum absolute atomic E-state index is 12.4. The first-order valence-corrected chi connectivity index (χ1v) is 9.87. The Kier molecular flexibility index (Phi) is 5.67. The smallest absolute Gasteiger partial charge is 0.339 e. The number of ether oxygens (including phenoxy) is 2. The third-order valence-electron chi connectivity index (χ3n) is 4.30. The summed E-state index contributed by atoms with van der Waals surface area (Å²) in [6, 6.07) is 18.5. The van der Waals surface area contributed by atoms with E-state index >= 15 is 0 Å². The first-order valence-electron chi connectivity index (χ1n) is 9.05. The van der Waals surface area contributed by atoms with Gasteiger partial charge in [0, 0.05) is 4.88 Å². The van der Waals surface area contributed by atoms with E-state index in [0.29, 0.717) is 11.6 Å². The van der Waals surface area contributed by atoms with E-state index in [1.807, 2.05) is 36.4 Å². The lowest BCUT2D eigenvalue weighted by molar-refractivity contribution is -0.118. The van der Waals surface area contributed by atoms with Gasteiger partial charge in [0.25, 0.3) is 5.91 Å². The molecule has 30 heavy (non-hydrogen) atoms. The summed E-state index contributed by atoms with van der Waals surface area (Å²) in [6.07, 6.45) is 1.41. The van der Waals surface area contributed by atoms with Crippen LogP contribution in [0.2, 0.25) is 0 Å². The largest absolute Gasteiger partial charge is 0.467 e. The van der Waals surface area contributed by atoms with Gasteiger partial charge in [0.15, 0.2) is 6.61 Å². The Morgan fingerprint density at radius 1 is 1.03 bits per heavy atom. The quantitative estimate of drug-likeness (QED) is 0.472. The van der Waals surface area contributed by atoms with Gasteiger partial charge in [0.05, 0.1) is 23.7 Å². The number of methoxy groups -OCH3 is 1. The van der Waals surface area contributed by atoms with Crippen molar-refractivity contribution in [2.45, 2.75) is 0 Å². The molecular formula is C22H17N3O4S. The highest BCUT2D eigenvalue weighted by molar-refractivity contribution is 7.21. The average molecular weight is 419 g/mol. The number of fused-ring (bicyclic) bond motifs is 1. The molecule has 0 aliphatic rings. The molecule has 0 radical (unpaired) electrons. The third-order valence-corrected chi connectivity index (χ3v) is 5.39. The van der Waals surface area contributed by atoms with Crippen molar-refractivity contribution in [3.63, 3.8) is 0 Å². The van der Waals surface area contributed by atoms with Crippen LogP contribution in [0.4, 0.5) is 5.69 Å². The molecule has 2 aromatic heterocycles. The number of carbonyl (C=O) groups is 2. The summed E-state index contributed by atoms with van der Waals surface area (Å²) < 4.78 is 10.4. The number of carbonyl (C=O) groups excluding carboxylic acids is 2. The molecule has 1 amide bonds. The minimum atomic E-state index is -0.531. The molecule has 2 heterocycles. The predicted molar refractivity (Wildman–Crippen MR) is 115 cm³/mol. The van der Waals surface area contributed by atoms with E-state index in [1.54, 1.807) is 24.3 Å². The van der Waals surface area contributed by atoms with Crippen molar-refractivity contribution in [1.82, 2.24) is 9.97 Å². The number of hydrogen-bond donors (Lipinski definition) is 1. The van der Waals surface area contributed by atoms with E-state index in [0.717, 1.165) is 20.7 Å². The zero-order valence-electron chi connectivity index (χ0n) is 16.0. The predicted octanol–water partition coefficient (Wildman–Crippen LogP) is 4.16. The van der Waals surface area contributed by atoms with Crippen molar-refractivity contribution in [2.24, 2.45) is 0 Å². The molecule has 0 bridgehead atoms. The van der Waals surface area contributed by atoms with Crippen LogP contribution in [0.5, 0.6) is 5.88 Å². The number of thiophene rings is 1. The molecule has 4 rings (SSSR count). The van der Waals surface area contributed by atoms with Crippen molar-refractivity contribution >= 4 is 39.1 Å². The number of anilines is 1. The van der Waals surface area contributed by atoms with E-state index in [-0.39, 0.29) is 12.2 Å². The minimum Gasteiger partial charge on any atom is -0.467 e. The zero-order chi connectivity index (χ0) is 20.9. The Morgan fingerprint density at radius 3 is 2.60 bits per heavy atom. The van der Waals surface area contributed by atoms with Crippen LogP contribution in [0.25, 0.3) is 20.7 Å². The minimum absolute atomic E-state index is 0.266. The molecule has 0 atom stereocenters. The highest BCUT2D eigenvalue weighted by Gasteiger charge is 2.15. The van der Waals surface area contributed by atoms with E-state index in [1.165, 1.54) is 24.8 Å². The van der Waals surface area contributed by atoms with Crippen LogP contribution in [0.1, 0.15) is 10.4 Å². The van der Waals surface area contributed by atoms with Crippen LogP contribution in [0, 0.1) is 0 Å². The molecule has 0 saturated carbocycles. The first-order chi connectivity index (χ1) is 14.7. The molecule has 150 valence electrons.